The highest BCUT2D eigenvalue weighted by molar-refractivity contribution is 6.09. The normalized spacial score (nSPS) is 10.9. The fraction of sp³-hybridized carbons (Fsp3) is 0.167. The molecule has 0 spiro atoms. The first-order valence-electron chi connectivity index (χ1n) is 6.82. The lowest BCUT2D eigenvalue weighted by Crippen LogP contribution is -2.01. The molecular formula is C18H18O4. The van der Waals surface area contributed by atoms with Crippen LogP contribution in [0.2, 0.25) is 0 Å². The van der Waals surface area contributed by atoms with Crippen molar-refractivity contribution in [3.63, 3.8) is 0 Å². The van der Waals surface area contributed by atoms with Crippen LogP contribution < -0.4 is 4.74 Å². The lowest BCUT2D eigenvalue weighted by atomic mass is 10.0. The van der Waals surface area contributed by atoms with Crippen LogP contribution in [0.5, 0.6) is 17.2 Å². The van der Waals surface area contributed by atoms with E-state index in [2.05, 4.69) is 0 Å². The van der Waals surface area contributed by atoms with Crippen molar-refractivity contribution < 1.29 is 19.7 Å². The Hall–Kier alpha value is -2.75. The fourth-order valence-corrected chi connectivity index (χ4v) is 2.35. The van der Waals surface area contributed by atoms with Crippen LogP contribution in [0.4, 0.5) is 0 Å². The van der Waals surface area contributed by atoms with Gasteiger partial charge in [-0.05, 0) is 49.3 Å². The molecule has 0 aliphatic carbocycles. The molecule has 0 saturated carbocycles. The molecule has 0 aromatic heterocycles. The van der Waals surface area contributed by atoms with Crippen LogP contribution in [0.25, 0.3) is 6.08 Å². The Bertz CT molecular complexity index is 745. The van der Waals surface area contributed by atoms with Gasteiger partial charge in [-0.3, -0.25) is 4.79 Å². The van der Waals surface area contributed by atoms with E-state index in [1.54, 1.807) is 18.2 Å². The molecule has 0 heterocycles. The summed E-state index contributed by atoms with van der Waals surface area (Å²) in [5, 5.41) is 19.2. The molecule has 22 heavy (non-hydrogen) atoms. The number of carbonyl (C=O) groups excluding carboxylic acids is 1. The van der Waals surface area contributed by atoms with Crippen LogP contribution in [0.1, 0.15) is 27.0 Å². The number of aryl methyl sites for hydroxylation is 2. The van der Waals surface area contributed by atoms with E-state index in [4.69, 9.17) is 4.74 Å². The zero-order valence-electron chi connectivity index (χ0n) is 12.8. The molecule has 4 nitrogen and oxygen atoms in total. The largest absolute Gasteiger partial charge is 0.504 e. The lowest BCUT2D eigenvalue weighted by Gasteiger charge is -2.10. The summed E-state index contributed by atoms with van der Waals surface area (Å²) < 4.78 is 5.30. The van der Waals surface area contributed by atoms with Crippen molar-refractivity contribution >= 4 is 11.9 Å². The number of carbonyl (C=O) groups is 1. The molecule has 2 rings (SSSR count). The summed E-state index contributed by atoms with van der Waals surface area (Å²) >= 11 is 0. The number of phenolic OH excluding ortho intramolecular Hbond substituents is 2. The van der Waals surface area contributed by atoms with Crippen LogP contribution in [0.3, 0.4) is 0 Å². The third kappa shape index (κ3) is 3.11. The first-order valence-corrected chi connectivity index (χ1v) is 6.82. The van der Waals surface area contributed by atoms with Gasteiger partial charge in [0.05, 0.1) is 12.7 Å². The molecule has 114 valence electrons. The van der Waals surface area contributed by atoms with Gasteiger partial charge in [-0.25, -0.2) is 0 Å². The van der Waals surface area contributed by atoms with Gasteiger partial charge in [0.15, 0.2) is 17.3 Å². The van der Waals surface area contributed by atoms with Crippen molar-refractivity contribution in [1.82, 2.24) is 0 Å². The van der Waals surface area contributed by atoms with Gasteiger partial charge in [0.1, 0.15) is 5.75 Å². The number of phenols is 2. The highest BCUT2D eigenvalue weighted by Gasteiger charge is 2.13. The predicted molar refractivity (Wildman–Crippen MR) is 85.6 cm³/mol. The number of ketones is 1. The van der Waals surface area contributed by atoms with E-state index in [-0.39, 0.29) is 17.3 Å². The Kier molecular flexibility index (Phi) is 4.51. The number of hydrogen-bond donors (Lipinski definition) is 2. The SMILES string of the molecule is COc1c(C)cc(C)cc1C(=O)C=Cc1cccc(O)c1O. The summed E-state index contributed by atoms with van der Waals surface area (Å²) in [7, 11) is 1.53. The number of ether oxygens (including phenoxy) is 1. The minimum absolute atomic E-state index is 0.224. The van der Waals surface area contributed by atoms with Crippen LogP contribution >= 0.6 is 0 Å². The minimum atomic E-state index is -0.251. The quantitative estimate of drug-likeness (QED) is 0.514. The molecule has 0 radical (unpaired) electrons. The summed E-state index contributed by atoms with van der Waals surface area (Å²) in [5.74, 6) is -0.163. The van der Waals surface area contributed by atoms with Gasteiger partial charge in [0, 0.05) is 5.56 Å². The van der Waals surface area contributed by atoms with Crippen molar-refractivity contribution in [1.29, 1.82) is 0 Å². The van der Waals surface area contributed by atoms with E-state index in [0.29, 0.717) is 16.9 Å². The van der Waals surface area contributed by atoms with E-state index in [1.165, 1.54) is 25.3 Å². The standard InChI is InChI=1S/C18H18O4/c1-11-9-12(2)18(22-3)14(10-11)15(19)8-7-13-5-4-6-16(20)17(13)21/h4-10,20-21H,1-3H3. The van der Waals surface area contributed by atoms with E-state index in [9.17, 15) is 15.0 Å². The molecule has 0 fully saturated rings. The molecule has 4 heteroatoms. The van der Waals surface area contributed by atoms with Crippen LogP contribution in [0, 0.1) is 13.8 Å². The van der Waals surface area contributed by atoms with Gasteiger partial charge in [0.2, 0.25) is 0 Å². The van der Waals surface area contributed by atoms with Gasteiger partial charge in [-0.15, -0.1) is 0 Å². The van der Waals surface area contributed by atoms with Gasteiger partial charge in [-0.1, -0.05) is 18.2 Å². The van der Waals surface area contributed by atoms with Crippen molar-refractivity contribution in [2.45, 2.75) is 13.8 Å². The van der Waals surface area contributed by atoms with Crippen LogP contribution in [-0.2, 0) is 0 Å². The maximum absolute atomic E-state index is 12.4. The van der Waals surface area contributed by atoms with Gasteiger partial charge < -0.3 is 14.9 Å². The Labute approximate surface area is 129 Å². The smallest absolute Gasteiger partial charge is 0.189 e. The lowest BCUT2D eigenvalue weighted by molar-refractivity contribution is 0.104. The summed E-state index contributed by atoms with van der Waals surface area (Å²) in [6.45, 7) is 3.79. The maximum Gasteiger partial charge on any atom is 0.189 e. The third-order valence-corrected chi connectivity index (χ3v) is 3.35. The zero-order chi connectivity index (χ0) is 16.3. The van der Waals surface area contributed by atoms with Crippen molar-refractivity contribution in [2.24, 2.45) is 0 Å². The first kappa shape index (κ1) is 15.6. The molecule has 0 amide bonds. The summed E-state index contributed by atoms with van der Waals surface area (Å²) in [4.78, 5) is 12.4. The number of allylic oxidation sites excluding steroid dienone is 1. The van der Waals surface area contributed by atoms with E-state index < -0.39 is 0 Å². The van der Waals surface area contributed by atoms with E-state index >= 15 is 0 Å². The number of aromatic hydroxyl groups is 2. The number of rotatable bonds is 4. The molecule has 0 atom stereocenters. The molecule has 0 aliphatic rings. The summed E-state index contributed by atoms with van der Waals surface area (Å²) in [5.41, 5.74) is 2.70. The highest BCUT2D eigenvalue weighted by atomic mass is 16.5. The molecule has 0 unspecified atom stereocenters. The second kappa shape index (κ2) is 6.35. The van der Waals surface area contributed by atoms with Crippen molar-refractivity contribution in [2.75, 3.05) is 7.11 Å². The molecule has 0 saturated heterocycles. The average molecular weight is 298 g/mol. The van der Waals surface area contributed by atoms with Crippen molar-refractivity contribution in [3.8, 4) is 17.2 Å². The predicted octanol–water partition coefficient (Wildman–Crippen LogP) is 3.62. The molecular weight excluding hydrogens is 280 g/mol. The van der Waals surface area contributed by atoms with Gasteiger partial charge in [0.25, 0.3) is 0 Å². The first-order chi connectivity index (χ1) is 10.4. The summed E-state index contributed by atoms with van der Waals surface area (Å²) in [6, 6.07) is 8.29. The topological polar surface area (TPSA) is 66.8 Å². The number of hydrogen-bond acceptors (Lipinski definition) is 4. The summed E-state index contributed by atoms with van der Waals surface area (Å²) in [6.07, 6.45) is 2.82. The zero-order valence-corrected chi connectivity index (χ0v) is 12.8. The Morgan fingerprint density at radius 2 is 1.91 bits per heavy atom. The second-order valence-corrected chi connectivity index (χ2v) is 5.08. The third-order valence-electron chi connectivity index (χ3n) is 3.35. The van der Waals surface area contributed by atoms with Crippen LogP contribution in [0.15, 0.2) is 36.4 Å². The monoisotopic (exact) mass is 298 g/mol. The molecule has 2 aromatic rings. The van der Waals surface area contributed by atoms with Crippen molar-refractivity contribution in [3.05, 3.63) is 58.7 Å². The molecule has 2 N–H and O–H groups in total. The average Bonchev–Trinajstić information content (AvgIpc) is 2.47. The number of methoxy groups -OCH3 is 1. The van der Waals surface area contributed by atoms with Gasteiger partial charge in [-0.2, -0.15) is 0 Å². The maximum atomic E-state index is 12.4. The molecule has 0 aliphatic heterocycles. The highest BCUT2D eigenvalue weighted by Crippen LogP contribution is 2.30. The molecule has 2 aromatic carbocycles. The molecule has 0 bridgehead atoms. The number of benzene rings is 2. The van der Waals surface area contributed by atoms with E-state index in [0.717, 1.165) is 11.1 Å². The van der Waals surface area contributed by atoms with Gasteiger partial charge >= 0.3 is 0 Å². The minimum Gasteiger partial charge on any atom is -0.504 e. The van der Waals surface area contributed by atoms with E-state index in [1.807, 2.05) is 19.9 Å². The number of para-hydroxylation sites is 1. The fourth-order valence-electron chi connectivity index (χ4n) is 2.35. The van der Waals surface area contributed by atoms with Crippen LogP contribution in [-0.4, -0.2) is 23.1 Å². The Balaban J connectivity index is 2.37. The Morgan fingerprint density at radius 3 is 2.59 bits per heavy atom. The Morgan fingerprint density at radius 1 is 1.18 bits per heavy atom. The second-order valence-electron chi connectivity index (χ2n) is 5.08.